The number of benzene rings is 2. The molecule has 170 valence electrons. The van der Waals surface area contributed by atoms with Gasteiger partial charge in [0.15, 0.2) is 23.0 Å². The number of esters is 2. The molecule has 2 aromatic carbocycles. The van der Waals surface area contributed by atoms with Crippen molar-refractivity contribution in [2.45, 2.75) is 11.8 Å². The maximum Gasteiger partial charge on any atom is 0.310 e. The molecule has 0 aromatic heterocycles. The molecule has 8 heteroatoms. The number of cyclic esters (lactones) is 2. The molecule has 0 spiro atoms. The number of ether oxygens (including phenoxy) is 6. The van der Waals surface area contributed by atoms with Crippen LogP contribution in [0.5, 0.6) is 23.0 Å². The van der Waals surface area contributed by atoms with E-state index in [4.69, 9.17) is 28.4 Å². The lowest BCUT2D eigenvalue weighted by atomic mass is 9.52. The molecule has 0 amide bonds. The van der Waals surface area contributed by atoms with E-state index in [1.54, 1.807) is 40.6 Å². The zero-order chi connectivity index (χ0) is 22.8. The van der Waals surface area contributed by atoms with Gasteiger partial charge in [0.25, 0.3) is 0 Å². The monoisotopic (exact) mass is 442 g/mol. The van der Waals surface area contributed by atoms with E-state index in [2.05, 4.69) is 0 Å². The maximum atomic E-state index is 12.9. The molecule has 1 heterocycles. The van der Waals surface area contributed by atoms with Crippen LogP contribution in [0.1, 0.15) is 23.0 Å². The second kappa shape index (κ2) is 8.98. The van der Waals surface area contributed by atoms with Gasteiger partial charge in [-0.1, -0.05) is 12.1 Å². The zero-order valence-electron chi connectivity index (χ0n) is 18.5. The minimum Gasteiger partial charge on any atom is -0.493 e. The first-order valence-corrected chi connectivity index (χ1v) is 10.3. The molecule has 2 aliphatic rings. The van der Waals surface area contributed by atoms with Crippen LogP contribution in [0.4, 0.5) is 0 Å². The summed E-state index contributed by atoms with van der Waals surface area (Å²) in [4.78, 5) is 25.8. The van der Waals surface area contributed by atoms with Crippen molar-refractivity contribution in [3.63, 3.8) is 0 Å². The van der Waals surface area contributed by atoms with Crippen molar-refractivity contribution in [3.8, 4) is 23.0 Å². The van der Waals surface area contributed by atoms with Crippen molar-refractivity contribution < 1.29 is 38.0 Å². The smallest absolute Gasteiger partial charge is 0.310 e. The van der Waals surface area contributed by atoms with Crippen LogP contribution in [0.3, 0.4) is 0 Å². The van der Waals surface area contributed by atoms with E-state index < -0.39 is 23.8 Å². The largest absolute Gasteiger partial charge is 0.493 e. The number of carbonyl (C=O) groups is 2. The van der Waals surface area contributed by atoms with Gasteiger partial charge in [0.1, 0.15) is 13.2 Å². The second-order valence-electron chi connectivity index (χ2n) is 7.67. The van der Waals surface area contributed by atoms with Gasteiger partial charge < -0.3 is 28.4 Å². The van der Waals surface area contributed by atoms with Crippen molar-refractivity contribution in [3.05, 3.63) is 47.5 Å². The summed E-state index contributed by atoms with van der Waals surface area (Å²) in [5.74, 6) is -0.539. The molecule has 4 rings (SSSR count). The molecule has 0 radical (unpaired) electrons. The third-order valence-electron chi connectivity index (χ3n) is 6.25. The van der Waals surface area contributed by atoms with E-state index in [1.807, 2.05) is 24.3 Å². The van der Waals surface area contributed by atoms with Crippen LogP contribution >= 0.6 is 0 Å². The fraction of sp³-hybridized carbons (Fsp3) is 0.417. The molecule has 2 fully saturated rings. The van der Waals surface area contributed by atoms with E-state index in [0.717, 1.165) is 11.1 Å². The van der Waals surface area contributed by atoms with Crippen LogP contribution in [-0.2, 0) is 19.1 Å². The lowest BCUT2D eigenvalue weighted by Crippen LogP contribution is -2.53. The van der Waals surface area contributed by atoms with Crippen molar-refractivity contribution in [2.24, 2.45) is 11.8 Å². The molecule has 0 bridgehead atoms. The van der Waals surface area contributed by atoms with Gasteiger partial charge in [-0.3, -0.25) is 9.59 Å². The molecule has 0 N–H and O–H groups in total. The van der Waals surface area contributed by atoms with Gasteiger partial charge in [-0.25, -0.2) is 0 Å². The van der Waals surface area contributed by atoms with Crippen LogP contribution in [0.15, 0.2) is 36.4 Å². The average molecular weight is 442 g/mol. The Morgan fingerprint density at radius 3 is 1.31 bits per heavy atom. The molecule has 1 saturated heterocycles. The molecule has 4 atom stereocenters. The van der Waals surface area contributed by atoms with Gasteiger partial charge in [-0.15, -0.1) is 0 Å². The van der Waals surface area contributed by atoms with E-state index in [0.29, 0.717) is 23.0 Å². The predicted octanol–water partition coefficient (Wildman–Crippen LogP) is 2.93. The molecular weight excluding hydrogens is 416 g/mol. The number of methoxy groups -OCH3 is 4. The first-order chi connectivity index (χ1) is 15.5. The second-order valence-corrected chi connectivity index (χ2v) is 7.67. The third kappa shape index (κ3) is 3.59. The van der Waals surface area contributed by atoms with Gasteiger partial charge >= 0.3 is 11.9 Å². The topological polar surface area (TPSA) is 89.5 Å². The quantitative estimate of drug-likeness (QED) is 0.631. The Kier molecular flexibility index (Phi) is 6.12. The highest BCUT2D eigenvalue weighted by Gasteiger charge is 2.60. The summed E-state index contributed by atoms with van der Waals surface area (Å²) in [5, 5.41) is 0. The first-order valence-electron chi connectivity index (χ1n) is 10.3. The summed E-state index contributed by atoms with van der Waals surface area (Å²) in [5.41, 5.74) is 1.68. The Morgan fingerprint density at radius 2 is 0.969 bits per heavy atom. The fourth-order valence-electron chi connectivity index (χ4n) is 4.76. The SMILES string of the molecule is COc1ccc([C@H]2[C@H]3C(=O)OCCOC(=O)[C@@H]3[C@@H]2c2ccc(OC)c(OC)c2)cc1OC. The van der Waals surface area contributed by atoms with Gasteiger partial charge in [0.2, 0.25) is 0 Å². The highest BCUT2D eigenvalue weighted by molar-refractivity contribution is 5.87. The lowest BCUT2D eigenvalue weighted by Gasteiger charge is -2.50. The molecule has 2 aromatic rings. The molecule has 1 aliphatic heterocycles. The number of hydrogen-bond donors (Lipinski definition) is 0. The molecule has 1 saturated carbocycles. The van der Waals surface area contributed by atoms with Crippen LogP contribution < -0.4 is 18.9 Å². The van der Waals surface area contributed by atoms with Crippen LogP contribution in [0.2, 0.25) is 0 Å². The standard InChI is InChI=1S/C24H26O8/c1-27-15-7-5-13(11-17(15)29-3)19-20(14-6-8-16(28-2)18(12-14)30-4)22-21(19)23(25)31-9-10-32-24(22)26/h5-8,11-12,19-22H,9-10H2,1-4H3/t19-,20-,21-,22-/m1/s1. The summed E-state index contributed by atoms with van der Waals surface area (Å²) in [6.07, 6.45) is 0. The zero-order valence-corrected chi connectivity index (χ0v) is 18.5. The molecule has 1 aliphatic carbocycles. The van der Waals surface area contributed by atoms with Crippen LogP contribution in [0, 0.1) is 11.8 Å². The number of hydrogen-bond acceptors (Lipinski definition) is 8. The Bertz CT molecular complexity index is 936. The predicted molar refractivity (Wildman–Crippen MR) is 113 cm³/mol. The summed E-state index contributed by atoms with van der Waals surface area (Å²) in [7, 11) is 6.23. The van der Waals surface area contributed by atoms with E-state index >= 15 is 0 Å². The molecule has 32 heavy (non-hydrogen) atoms. The minimum absolute atomic E-state index is 0.0491. The minimum atomic E-state index is -0.668. The molecule has 0 unspecified atom stereocenters. The fourth-order valence-corrected chi connectivity index (χ4v) is 4.76. The average Bonchev–Trinajstić information content (AvgIpc) is 2.80. The van der Waals surface area contributed by atoms with Crippen molar-refractivity contribution in [2.75, 3.05) is 41.7 Å². The highest BCUT2D eigenvalue weighted by atomic mass is 16.6. The Morgan fingerprint density at radius 1 is 0.594 bits per heavy atom. The van der Waals surface area contributed by atoms with Gasteiger partial charge in [-0.05, 0) is 35.4 Å². The Hall–Kier alpha value is -3.42. The van der Waals surface area contributed by atoms with Crippen molar-refractivity contribution in [1.82, 2.24) is 0 Å². The van der Waals surface area contributed by atoms with E-state index in [1.165, 1.54) is 0 Å². The number of carbonyl (C=O) groups excluding carboxylic acids is 2. The van der Waals surface area contributed by atoms with Crippen molar-refractivity contribution in [1.29, 1.82) is 0 Å². The molecule has 8 nitrogen and oxygen atoms in total. The summed E-state index contributed by atoms with van der Waals surface area (Å²) in [6.45, 7) is 0.0982. The summed E-state index contributed by atoms with van der Waals surface area (Å²) >= 11 is 0. The Labute approximate surface area is 186 Å². The summed E-state index contributed by atoms with van der Waals surface area (Å²) in [6, 6.07) is 11.0. The molecular formula is C24H26O8. The maximum absolute atomic E-state index is 12.9. The van der Waals surface area contributed by atoms with Gasteiger partial charge in [0.05, 0.1) is 40.3 Å². The first kappa shape index (κ1) is 21.8. The lowest BCUT2D eigenvalue weighted by molar-refractivity contribution is -0.180. The van der Waals surface area contributed by atoms with E-state index in [9.17, 15) is 9.59 Å². The van der Waals surface area contributed by atoms with Crippen molar-refractivity contribution >= 4 is 11.9 Å². The highest BCUT2D eigenvalue weighted by Crippen LogP contribution is 2.60. The number of fused-ring (bicyclic) bond motifs is 1. The third-order valence-corrected chi connectivity index (χ3v) is 6.25. The van der Waals surface area contributed by atoms with Gasteiger partial charge in [0, 0.05) is 11.8 Å². The normalized spacial score (nSPS) is 24.6. The van der Waals surface area contributed by atoms with Crippen LogP contribution in [0.25, 0.3) is 0 Å². The van der Waals surface area contributed by atoms with Crippen LogP contribution in [-0.4, -0.2) is 53.6 Å². The van der Waals surface area contributed by atoms with Gasteiger partial charge in [-0.2, -0.15) is 0 Å². The number of rotatable bonds is 6. The van der Waals surface area contributed by atoms with E-state index in [-0.39, 0.29) is 25.0 Å². The summed E-state index contributed by atoms with van der Waals surface area (Å²) < 4.78 is 32.4. The Balaban J connectivity index is 1.83.